The van der Waals surface area contributed by atoms with E-state index in [2.05, 4.69) is 5.16 Å². The average molecular weight is 369 g/mol. The van der Waals surface area contributed by atoms with Crippen LogP contribution in [0.25, 0.3) is 0 Å². The first-order chi connectivity index (χ1) is 12.9. The van der Waals surface area contributed by atoms with Gasteiger partial charge in [0.15, 0.2) is 0 Å². The third-order valence-corrected chi connectivity index (χ3v) is 4.28. The van der Waals surface area contributed by atoms with Gasteiger partial charge in [-0.3, -0.25) is 0 Å². The van der Waals surface area contributed by atoms with Crippen LogP contribution in [0.15, 0.2) is 53.1 Å². The minimum atomic E-state index is -0.478. The maximum absolute atomic E-state index is 13.0. The predicted octanol–water partition coefficient (Wildman–Crippen LogP) is 4.93. The second kappa shape index (κ2) is 8.03. The van der Waals surface area contributed by atoms with Gasteiger partial charge in [-0.15, -0.1) is 0 Å². The van der Waals surface area contributed by atoms with E-state index in [1.54, 1.807) is 43.3 Å². The number of aryl methyl sites for hydroxylation is 2. The fourth-order valence-electron chi connectivity index (χ4n) is 2.58. The predicted molar refractivity (Wildman–Crippen MR) is 97.0 cm³/mol. The molecule has 1 heterocycles. The molecule has 1 atom stereocenters. The normalized spacial score (nSPS) is 11.9. The molecule has 2 aromatic carbocycles. The molecule has 0 saturated heterocycles. The van der Waals surface area contributed by atoms with E-state index in [0.29, 0.717) is 17.9 Å². The Bertz CT molecular complexity index is 897. The molecule has 0 aliphatic heterocycles. The van der Waals surface area contributed by atoms with Gasteiger partial charge in [-0.05, 0) is 62.7 Å². The van der Waals surface area contributed by atoms with Gasteiger partial charge >= 0.3 is 5.97 Å². The third kappa shape index (κ3) is 4.53. The highest BCUT2D eigenvalue weighted by atomic mass is 19.1. The lowest BCUT2D eigenvalue weighted by Gasteiger charge is -2.14. The van der Waals surface area contributed by atoms with E-state index >= 15 is 0 Å². The van der Waals surface area contributed by atoms with Gasteiger partial charge in [0, 0.05) is 0 Å². The van der Waals surface area contributed by atoms with Crippen LogP contribution >= 0.6 is 0 Å². The summed E-state index contributed by atoms with van der Waals surface area (Å²) < 4.78 is 29.2. The molecule has 27 heavy (non-hydrogen) atoms. The molecule has 0 amide bonds. The Hall–Kier alpha value is -3.15. The number of ether oxygens (including phenoxy) is 2. The van der Waals surface area contributed by atoms with E-state index in [-0.39, 0.29) is 5.82 Å². The monoisotopic (exact) mass is 369 g/mol. The van der Waals surface area contributed by atoms with Crippen molar-refractivity contribution in [3.8, 4) is 5.75 Å². The zero-order chi connectivity index (χ0) is 19.4. The van der Waals surface area contributed by atoms with Gasteiger partial charge in [0.25, 0.3) is 0 Å². The summed E-state index contributed by atoms with van der Waals surface area (Å²) in [6.45, 7) is 5.77. The molecule has 5 nitrogen and oxygen atoms in total. The topological polar surface area (TPSA) is 61.6 Å². The Labute approximate surface area is 156 Å². The number of hydrogen-bond donors (Lipinski definition) is 0. The lowest BCUT2D eigenvalue weighted by atomic mass is 10.1. The van der Waals surface area contributed by atoms with Crippen molar-refractivity contribution in [1.29, 1.82) is 0 Å². The first-order valence-corrected chi connectivity index (χ1v) is 8.55. The Balaban J connectivity index is 1.59. The summed E-state index contributed by atoms with van der Waals surface area (Å²) in [6.07, 6.45) is -0.478. The van der Waals surface area contributed by atoms with Crippen molar-refractivity contribution in [2.24, 2.45) is 0 Å². The van der Waals surface area contributed by atoms with Crippen molar-refractivity contribution in [3.63, 3.8) is 0 Å². The molecule has 0 fully saturated rings. The number of aromatic nitrogens is 1. The zero-order valence-electron chi connectivity index (χ0n) is 15.4. The van der Waals surface area contributed by atoms with E-state index in [4.69, 9.17) is 14.0 Å². The Morgan fingerprint density at radius 2 is 1.78 bits per heavy atom. The van der Waals surface area contributed by atoms with Crippen LogP contribution in [-0.2, 0) is 11.3 Å². The van der Waals surface area contributed by atoms with Crippen LogP contribution in [0, 0.1) is 19.7 Å². The van der Waals surface area contributed by atoms with Crippen LogP contribution in [0.2, 0.25) is 0 Å². The van der Waals surface area contributed by atoms with Gasteiger partial charge in [-0.1, -0.05) is 17.3 Å². The highest BCUT2D eigenvalue weighted by Crippen LogP contribution is 2.21. The quantitative estimate of drug-likeness (QED) is 0.577. The molecule has 6 heteroatoms. The van der Waals surface area contributed by atoms with Crippen molar-refractivity contribution in [3.05, 3.63) is 82.5 Å². The SMILES string of the molecule is Cc1noc(C)c1COc1ccc(C(=O)O[C@@H](C)c2ccc(F)cc2)cc1. The van der Waals surface area contributed by atoms with E-state index < -0.39 is 12.1 Å². The maximum atomic E-state index is 13.0. The van der Waals surface area contributed by atoms with Gasteiger partial charge in [0.2, 0.25) is 0 Å². The van der Waals surface area contributed by atoms with Gasteiger partial charge in [-0.2, -0.15) is 0 Å². The minimum Gasteiger partial charge on any atom is -0.489 e. The summed E-state index contributed by atoms with van der Waals surface area (Å²) in [6, 6.07) is 12.6. The van der Waals surface area contributed by atoms with Crippen molar-refractivity contribution >= 4 is 5.97 Å². The minimum absolute atomic E-state index is 0.329. The number of benzene rings is 2. The number of carbonyl (C=O) groups excluding carboxylic acids is 1. The summed E-state index contributed by atoms with van der Waals surface area (Å²) in [5, 5.41) is 3.89. The van der Waals surface area contributed by atoms with Crippen LogP contribution in [0.5, 0.6) is 5.75 Å². The van der Waals surface area contributed by atoms with Gasteiger partial charge in [-0.25, -0.2) is 9.18 Å². The van der Waals surface area contributed by atoms with Crippen LogP contribution in [0.3, 0.4) is 0 Å². The summed E-state index contributed by atoms with van der Waals surface area (Å²) in [5.74, 6) is 0.564. The van der Waals surface area contributed by atoms with Gasteiger partial charge < -0.3 is 14.0 Å². The molecule has 0 saturated carbocycles. The second-order valence-electron chi connectivity index (χ2n) is 6.21. The maximum Gasteiger partial charge on any atom is 0.338 e. The van der Waals surface area contributed by atoms with E-state index in [1.807, 2.05) is 13.8 Å². The average Bonchev–Trinajstić information content (AvgIpc) is 2.98. The van der Waals surface area contributed by atoms with Gasteiger partial charge in [0.1, 0.15) is 30.0 Å². The molecule has 1 aromatic heterocycles. The van der Waals surface area contributed by atoms with Crippen molar-refractivity contribution in [2.45, 2.75) is 33.5 Å². The molecule has 3 rings (SSSR count). The molecule has 0 aliphatic rings. The van der Waals surface area contributed by atoms with Crippen LogP contribution < -0.4 is 4.74 Å². The molecule has 3 aromatic rings. The largest absolute Gasteiger partial charge is 0.489 e. The van der Waals surface area contributed by atoms with Crippen LogP contribution in [0.4, 0.5) is 4.39 Å². The standard InChI is InChI=1S/C21H20FNO4/c1-13-20(15(3)27-23-13)12-25-19-10-6-17(7-11-19)21(24)26-14(2)16-4-8-18(22)9-5-16/h4-11,14H,12H2,1-3H3/t14-/m0/s1. The number of esters is 1. The lowest BCUT2D eigenvalue weighted by molar-refractivity contribution is 0.0338. The van der Waals surface area contributed by atoms with Crippen molar-refractivity contribution in [1.82, 2.24) is 5.16 Å². The smallest absolute Gasteiger partial charge is 0.338 e. The van der Waals surface area contributed by atoms with Crippen LogP contribution in [-0.4, -0.2) is 11.1 Å². The summed E-state index contributed by atoms with van der Waals surface area (Å²) in [7, 11) is 0. The summed E-state index contributed by atoms with van der Waals surface area (Å²) in [4.78, 5) is 12.3. The molecule has 0 spiro atoms. The first-order valence-electron chi connectivity index (χ1n) is 8.55. The fraction of sp³-hybridized carbons (Fsp3) is 0.238. The van der Waals surface area contributed by atoms with E-state index in [0.717, 1.165) is 22.6 Å². The summed E-state index contributed by atoms with van der Waals surface area (Å²) >= 11 is 0. The number of nitrogens with zero attached hydrogens (tertiary/aromatic N) is 1. The number of rotatable bonds is 6. The molecule has 0 N–H and O–H groups in total. The molecule has 0 aliphatic carbocycles. The highest BCUT2D eigenvalue weighted by Gasteiger charge is 2.14. The number of hydrogen-bond acceptors (Lipinski definition) is 5. The molecular formula is C21H20FNO4. The molecular weight excluding hydrogens is 349 g/mol. The number of halogens is 1. The lowest BCUT2D eigenvalue weighted by Crippen LogP contribution is -2.09. The summed E-state index contributed by atoms with van der Waals surface area (Å²) in [5.41, 5.74) is 2.84. The third-order valence-electron chi connectivity index (χ3n) is 4.28. The van der Waals surface area contributed by atoms with E-state index in [1.165, 1.54) is 12.1 Å². The molecule has 140 valence electrons. The fourth-order valence-corrected chi connectivity index (χ4v) is 2.58. The van der Waals surface area contributed by atoms with Crippen molar-refractivity contribution in [2.75, 3.05) is 0 Å². The highest BCUT2D eigenvalue weighted by molar-refractivity contribution is 5.89. The molecule has 0 bridgehead atoms. The van der Waals surface area contributed by atoms with Crippen molar-refractivity contribution < 1.29 is 23.2 Å². The molecule has 0 radical (unpaired) electrons. The Kier molecular flexibility index (Phi) is 5.54. The van der Waals surface area contributed by atoms with E-state index in [9.17, 15) is 9.18 Å². The second-order valence-corrected chi connectivity index (χ2v) is 6.21. The zero-order valence-corrected chi connectivity index (χ0v) is 15.4. The van der Waals surface area contributed by atoms with Gasteiger partial charge in [0.05, 0.1) is 16.8 Å². The van der Waals surface area contributed by atoms with Crippen LogP contribution in [0.1, 0.15) is 46.0 Å². The Morgan fingerprint density at radius 3 is 2.37 bits per heavy atom. The Morgan fingerprint density at radius 1 is 1.11 bits per heavy atom. The first kappa shape index (κ1) is 18.6. The molecule has 0 unspecified atom stereocenters. The number of carbonyl (C=O) groups is 1.